The second-order valence-electron chi connectivity index (χ2n) is 1.86. The van der Waals surface area contributed by atoms with E-state index < -0.39 is 13.4 Å². The van der Waals surface area contributed by atoms with Gasteiger partial charge in [0, 0.05) is 0 Å². The Hall–Kier alpha value is 1.33. The van der Waals surface area contributed by atoms with Crippen LogP contribution in [-0.4, -0.2) is 0 Å². The molecule has 0 aliphatic rings. The Morgan fingerprint density at radius 3 is 2.00 bits per heavy atom. The molecule has 0 amide bonds. The summed E-state index contributed by atoms with van der Waals surface area (Å²) in [4.78, 5) is 0. The summed E-state index contributed by atoms with van der Waals surface area (Å²) < 4.78 is 5.57. The van der Waals surface area contributed by atoms with Crippen LogP contribution >= 0.6 is 36.9 Å². The molecule has 1 aromatic rings. The van der Waals surface area contributed by atoms with Crippen LogP contribution in [0.4, 0.5) is 0 Å². The molecule has 0 saturated heterocycles. The third kappa shape index (κ3) is 4.80. The molecule has 1 nitrogen and oxygen atoms in total. The molecule has 0 heterocycles. The molecule has 0 aliphatic carbocycles. The van der Waals surface area contributed by atoms with E-state index in [1.165, 1.54) is 0 Å². The van der Waals surface area contributed by atoms with E-state index in [0.29, 0.717) is 0 Å². The van der Waals surface area contributed by atoms with Crippen molar-refractivity contribution in [3.63, 3.8) is 0 Å². The van der Waals surface area contributed by atoms with Crippen LogP contribution in [0.1, 0.15) is 0 Å². The van der Waals surface area contributed by atoms with E-state index in [4.69, 9.17) is 2.85 Å². The van der Waals surface area contributed by atoms with Crippen LogP contribution < -0.4 is 2.85 Å². The summed E-state index contributed by atoms with van der Waals surface area (Å²) in [6.45, 7) is 0. The van der Waals surface area contributed by atoms with Gasteiger partial charge in [0.2, 0.25) is 0 Å². The second kappa shape index (κ2) is 4.53. The third-order valence-electron chi connectivity index (χ3n) is 0.977. The van der Waals surface area contributed by atoms with Gasteiger partial charge >= 0.3 is 89.2 Å². The van der Waals surface area contributed by atoms with Gasteiger partial charge in [-0.25, -0.2) is 0 Å². The summed E-state index contributed by atoms with van der Waals surface area (Å²) in [5, 5.41) is 0. The first-order valence-corrected chi connectivity index (χ1v) is 27.9. The van der Waals surface area contributed by atoms with E-state index in [-0.39, 0.29) is 0 Å². The average Bonchev–Trinajstić information content (AvgIpc) is 1.85. The van der Waals surface area contributed by atoms with Crippen LogP contribution in [0.25, 0.3) is 0 Å². The summed E-state index contributed by atoms with van der Waals surface area (Å²) in [6, 6.07) is 9.71. The van der Waals surface area contributed by atoms with Crippen molar-refractivity contribution < 1.29 is 16.3 Å². The van der Waals surface area contributed by atoms with Gasteiger partial charge in [0.05, 0.1) is 0 Å². The minimum absolute atomic E-state index is 0.889. The monoisotopic (exact) mass is 510 g/mol. The number of halogens is 3. The molecule has 5 heteroatoms. The first kappa shape index (κ1) is 10.4. The number of para-hydroxylation sites is 1. The van der Waals surface area contributed by atoms with E-state index >= 15 is 0 Å². The van der Waals surface area contributed by atoms with E-state index in [1.807, 2.05) is 30.3 Å². The number of benzene rings is 1. The van der Waals surface area contributed by atoms with Gasteiger partial charge in [-0.1, -0.05) is 0 Å². The van der Waals surface area contributed by atoms with E-state index in [1.54, 1.807) is 0 Å². The van der Waals surface area contributed by atoms with Gasteiger partial charge in [-0.2, -0.15) is 0 Å². The third-order valence-corrected chi connectivity index (χ3v) is 6.63. The number of rotatable bonds is 2. The Bertz CT molecular complexity index is 221. The number of hydrogen-bond donors (Lipinski definition) is 0. The number of hydrogen-bond acceptors (Lipinski definition) is 1. The predicted octanol–water partition coefficient (Wildman–Crippen LogP) is 4.06. The van der Waals surface area contributed by atoms with Crippen LogP contribution in [0.2, 0.25) is 0 Å². The summed E-state index contributed by atoms with van der Waals surface area (Å²) in [6.07, 6.45) is 0. The fourth-order valence-electron chi connectivity index (χ4n) is 0.622. The van der Waals surface area contributed by atoms with Crippen LogP contribution in [0.15, 0.2) is 30.3 Å². The molecule has 0 bridgehead atoms. The Balaban J connectivity index is 2.66. The quantitative estimate of drug-likeness (QED) is 0.545. The van der Waals surface area contributed by atoms with Crippen molar-refractivity contribution >= 4 is 36.9 Å². The van der Waals surface area contributed by atoms with Crippen molar-refractivity contribution in [3.8, 4) is 5.75 Å². The molecule has 0 aromatic heterocycles. The van der Waals surface area contributed by atoms with Gasteiger partial charge in [0.25, 0.3) is 0 Å². The molecule has 11 heavy (non-hydrogen) atoms. The Morgan fingerprint density at radius 1 is 1.00 bits per heavy atom. The maximum absolute atomic E-state index is 5.57. The van der Waals surface area contributed by atoms with Crippen LogP contribution in [0.5, 0.6) is 5.75 Å². The van der Waals surface area contributed by atoms with Crippen molar-refractivity contribution in [1.29, 1.82) is 0 Å². The summed E-state index contributed by atoms with van der Waals surface area (Å²) in [5.41, 5.74) is 0. The molecule has 60 valence electrons. The normalized spacial score (nSPS) is 11.2. The fraction of sp³-hybridized carbons (Fsp3) is 0. The molecule has 0 unspecified atom stereocenters. The van der Waals surface area contributed by atoms with Gasteiger partial charge < -0.3 is 0 Å². The summed E-state index contributed by atoms with van der Waals surface area (Å²) in [5.74, 6) is 0.889. The minimum atomic E-state index is -2.74. The second-order valence-corrected chi connectivity index (χ2v) is 59.4. The van der Waals surface area contributed by atoms with Crippen LogP contribution in [0, 0.1) is 0 Å². The molecule has 0 radical (unpaired) electrons. The molecular weight excluding hydrogens is 506 g/mol. The standard InChI is InChI=1S/C6H6O.3BrH.Hf/c7-6-4-2-1-3-5-6;;;;/h1-5,7H;3*1H;/q;;;;+4/p-4. The van der Waals surface area contributed by atoms with E-state index in [2.05, 4.69) is 36.9 Å². The van der Waals surface area contributed by atoms with Gasteiger partial charge in [-0.3, -0.25) is 0 Å². The Morgan fingerprint density at radius 2 is 1.55 bits per heavy atom. The zero-order valence-corrected chi connectivity index (χ0v) is 13.8. The maximum atomic E-state index is 5.57. The molecule has 0 aliphatic heterocycles. The van der Waals surface area contributed by atoms with Crippen molar-refractivity contribution in [2.75, 3.05) is 0 Å². The Labute approximate surface area is 87.9 Å². The average molecular weight is 511 g/mol. The molecule has 0 atom stereocenters. The SMILES string of the molecule is [Br][Hf]([Br])([Br])[O]c1ccccc1. The van der Waals surface area contributed by atoms with Gasteiger partial charge in [-0.15, -0.1) is 0 Å². The molecule has 0 fully saturated rings. The van der Waals surface area contributed by atoms with E-state index in [0.717, 1.165) is 5.75 Å². The van der Waals surface area contributed by atoms with E-state index in [9.17, 15) is 0 Å². The predicted molar refractivity (Wildman–Crippen MR) is 53.9 cm³/mol. The van der Waals surface area contributed by atoms with Crippen molar-refractivity contribution in [2.24, 2.45) is 0 Å². The molecule has 0 spiro atoms. The molecule has 1 aromatic carbocycles. The molecule has 0 saturated carbocycles. The van der Waals surface area contributed by atoms with Gasteiger partial charge in [0.1, 0.15) is 0 Å². The molecular formula is C6H5Br3HfO. The van der Waals surface area contributed by atoms with Crippen LogP contribution in [-0.2, 0) is 13.4 Å². The summed E-state index contributed by atoms with van der Waals surface area (Å²) in [7, 11) is 0. The topological polar surface area (TPSA) is 9.23 Å². The zero-order chi connectivity index (χ0) is 8.32. The van der Waals surface area contributed by atoms with Crippen molar-refractivity contribution in [3.05, 3.63) is 30.3 Å². The molecule has 1 rings (SSSR count). The first-order valence-electron chi connectivity index (χ1n) is 2.89. The summed E-state index contributed by atoms with van der Waals surface area (Å²) >= 11 is 7.60. The van der Waals surface area contributed by atoms with Gasteiger partial charge in [-0.05, 0) is 0 Å². The first-order chi connectivity index (χ1) is 5.08. The Kier molecular flexibility index (Phi) is 4.29. The molecule has 0 N–H and O–H groups in total. The van der Waals surface area contributed by atoms with Crippen molar-refractivity contribution in [1.82, 2.24) is 0 Å². The zero-order valence-electron chi connectivity index (χ0n) is 5.43. The van der Waals surface area contributed by atoms with Crippen molar-refractivity contribution in [2.45, 2.75) is 0 Å². The van der Waals surface area contributed by atoms with Gasteiger partial charge in [0.15, 0.2) is 0 Å². The fourth-order valence-corrected chi connectivity index (χ4v) is 6.66. The van der Waals surface area contributed by atoms with Crippen LogP contribution in [0.3, 0.4) is 0 Å².